The molecule has 0 spiro atoms. The lowest BCUT2D eigenvalue weighted by molar-refractivity contribution is -0.304. The fourth-order valence-electron chi connectivity index (χ4n) is 1.76. The first-order chi connectivity index (χ1) is 8.63. The zero-order valence-electron chi connectivity index (χ0n) is 9.55. The van der Waals surface area contributed by atoms with Crippen LogP contribution in [0.1, 0.15) is 5.76 Å². The van der Waals surface area contributed by atoms with E-state index in [2.05, 4.69) is 0 Å². The summed E-state index contributed by atoms with van der Waals surface area (Å²) in [6.07, 6.45) is -4.83. The number of ether oxygens (including phenoxy) is 2. The maximum Gasteiger partial charge on any atom is 0.187 e. The van der Waals surface area contributed by atoms with Crippen molar-refractivity contribution in [2.45, 2.75) is 37.3 Å². The second-order valence-corrected chi connectivity index (χ2v) is 4.09. The van der Waals surface area contributed by atoms with E-state index in [1.54, 1.807) is 12.1 Å². The molecule has 4 N–H and O–H groups in total. The van der Waals surface area contributed by atoms with Crippen LogP contribution in [0.25, 0.3) is 0 Å². The Morgan fingerprint density at radius 2 is 1.94 bits per heavy atom. The van der Waals surface area contributed by atoms with E-state index in [1.165, 1.54) is 6.26 Å². The molecule has 0 saturated carbocycles. The Bertz CT molecular complexity index is 350. The molecule has 1 fully saturated rings. The van der Waals surface area contributed by atoms with Gasteiger partial charge in [0.05, 0.1) is 12.9 Å². The summed E-state index contributed by atoms with van der Waals surface area (Å²) in [7, 11) is 0. The first-order valence-corrected chi connectivity index (χ1v) is 5.58. The van der Waals surface area contributed by atoms with Crippen molar-refractivity contribution in [1.82, 2.24) is 0 Å². The van der Waals surface area contributed by atoms with Gasteiger partial charge in [-0.2, -0.15) is 0 Å². The molecular formula is C11H16O7. The zero-order chi connectivity index (χ0) is 13.1. The predicted molar refractivity (Wildman–Crippen MR) is 57.3 cm³/mol. The second-order valence-electron chi connectivity index (χ2n) is 4.09. The van der Waals surface area contributed by atoms with Crippen molar-refractivity contribution in [2.75, 3.05) is 6.61 Å². The minimum absolute atomic E-state index is 0.0513. The molecule has 5 unspecified atom stereocenters. The number of aliphatic hydroxyl groups excluding tert-OH is 4. The van der Waals surface area contributed by atoms with Crippen molar-refractivity contribution >= 4 is 0 Å². The SMILES string of the molecule is OCC1OC(OCc2ccco2)C(O)C(O)C1O. The normalized spacial score (nSPS) is 36.8. The summed E-state index contributed by atoms with van der Waals surface area (Å²) in [6, 6.07) is 3.37. The van der Waals surface area contributed by atoms with E-state index in [0.29, 0.717) is 5.76 Å². The Kier molecular flexibility index (Phi) is 4.33. The number of furan rings is 1. The highest BCUT2D eigenvalue weighted by molar-refractivity contribution is 4.96. The Hall–Kier alpha value is -0.960. The van der Waals surface area contributed by atoms with Crippen molar-refractivity contribution in [2.24, 2.45) is 0 Å². The van der Waals surface area contributed by atoms with E-state index >= 15 is 0 Å². The molecule has 102 valence electrons. The highest BCUT2D eigenvalue weighted by Crippen LogP contribution is 2.22. The summed E-state index contributed by atoms with van der Waals surface area (Å²) in [6.45, 7) is -0.429. The van der Waals surface area contributed by atoms with Crippen LogP contribution < -0.4 is 0 Å². The number of rotatable bonds is 4. The summed E-state index contributed by atoms with van der Waals surface area (Å²) in [5.41, 5.74) is 0. The van der Waals surface area contributed by atoms with Gasteiger partial charge < -0.3 is 34.3 Å². The van der Waals surface area contributed by atoms with Gasteiger partial charge in [-0.25, -0.2) is 0 Å². The lowest BCUT2D eigenvalue weighted by Gasteiger charge is -2.39. The van der Waals surface area contributed by atoms with E-state index in [9.17, 15) is 15.3 Å². The Morgan fingerprint density at radius 1 is 1.17 bits per heavy atom. The second kappa shape index (κ2) is 5.79. The fourth-order valence-corrected chi connectivity index (χ4v) is 1.76. The largest absolute Gasteiger partial charge is 0.467 e. The molecule has 1 aliphatic heterocycles. The van der Waals surface area contributed by atoms with Crippen molar-refractivity contribution in [1.29, 1.82) is 0 Å². The maximum atomic E-state index is 9.68. The predicted octanol–water partition coefficient (Wildman–Crippen LogP) is -1.40. The monoisotopic (exact) mass is 260 g/mol. The molecule has 1 aromatic rings. The number of hydrogen-bond acceptors (Lipinski definition) is 7. The van der Waals surface area contributed by atoms with Crippen LogP contribution in [0.3, 0.4) is 0 Å². The van der Waals surface area contributed by atoms with Gasteiger partial charge >= 0.3 is 0 Å². The summed E-state index contributed by atoms with van der Waals surface area (Å²) >= 11 is 0. The van der Waals surface area contributed by atoms with Gasteiger partial charge in [0, 0.05) is 0 Å². The van der Waals surface area contributed by atoms with Crippen molar-refractivity contribution < 1.29 is 34.3 Å². The third kappa shape index (κ3) is 2.72. The quantitative estimate of drug-likeness (QED) is 0.526. The van der Waals surface area contributed by atoms with Crippen LogP contribution in [-0.2, 0) is 16.1 Å². The Labute approximate surface area is 103 Å². The highest BCUT2D eigenvalue weighted by Gasteiger charge is 2.44. The number of hydrogen-bond donors (Lipinski definition) is 4. The summed E-state index contributed by atoms with van der Waals surface area (Å²) in [5.74, 6) is 0.534. The van der Waals surface area contributed by atoms with Gasteiger partial charge in [-0.15, -0.1) is 0 Å². The summed E-state index contributed by atoms with van der Waals surface area (Å²) in [4.78, 5) is 0. The van der Waals surface area contributed by atoms with E-state index in [1.807, 2.05) is 0 Å². The molecule has 2 heterocycles. The molecule has 5 atom stereocenters. The lowest BCUT2D eigenvalue weighted by Crippen LogP contribution is -2.59. The number of aliphatic hydroxyl groups is 4. The van der Waals surface area contributed by atoms with Crippen LogP contribution in [0.5, 0.6) is 0 Å². The molecule has 7 nitrogen and oxygen atoms in total. The molecule has 0 aromatic carbocycles. The van der Waals surface area contributed by atoms with Crippen LogP contribution >= 0.6 is 0 Å². The van der Waals surface area contributed by atoms with Gasteiger partial charge in [0.25, 0.3) is 0 Å². The van der Waals surface area contributed by atoms with Crippen LogP contribution in [0, 0.1) is 0 Å². The summed E-state index contributed by atoms with van der Waals surface area (Å²) in [5, 5.41) is 37.8. The average Bonchev–Trinajstić information content (AvgIpc) is 2.88. The first kappa shape index (κ1) is 13.5. The molecule has 18 heavy (non-hydrogen) atoms. The van der Waals surface area contributed by atoms with Gasteiger partial charge in [0.2, 0.25) is 0 Å². The van der Waals surface area contributed by atoms with Crippen LogP contribution in [-0.4, -0.2) is 57.7 Å². The molecule has 2 rings (SSSR count). The molecule has 0 bridgehead atoms. The van der Waals surface area contributed by atoms with Crippen LogP contribution in [0.4, 0.5) is 0 Å². The van der Waals surface area contributed by atoms with Gasteiger partial charge in [0.1, 0.15) is 36.8 Å². The fraction of sp³-hybridized carbons (Fsp3) is 0.636. The molecule has 1 aliphatic rings. The molecule has 0 amide bonds. The molecule has 1 aromatic heterocycles. The van der Waals surface area contributed by atoms with Crippen LogP contribution in [0.15, 0.2) is 22.8 Å². The first-order valence-electron chi connectivity index (χ1n) is 5.58. The Balaban J connectivity index is 1.94. The molecule has 7 heteroatoms. The third-order valence-corrected chi connectivity index (χ3v) is 2.82. The third-order valence-electron chi connectivity index (χ3n) is 2.82. The van der Waals surface area contributed by atoms with Crippen molar-refractivity contribution in [3.05, 3.63) is 24.2 Å². The molecule has 0 aliphatic carbocycles. The van der Waals surface area contributed by atoms with Gasteiger partial charge in [-0.1, -0.05) is 0 Å². The van der Waals surface area contributed by atoms with Crippen molar-refractivity contribution in [3.63, 3.8) is 0 Å². The molecule has 0 radical (unpaired) electrons. The van der Waals surface area contributed by atoms with Gasteiger partial charge in [-0.05, 0) is 12.1 Å². The van der Waals surface area contributed by atoms with E-state index < -0.39 is 37.3 Å². The topological polar surface area (TPSA) is 113 Å². The average molecular weight is 260 g/mol. The van der Waals surface area contributed by atoms with E-state index in [0.717, 1.165) is 0 Å². The molecular weight excluding hydrogens is 244 g/mol. The van der Waals surface area contributed by atoms with Crippen LogP contribution in [0.2, 0.25) is 0 Å². The molecule has 1 saturated heterocycles. The van der Waals surface area contributed by atoms with Gasteiger partial charge in [-0.3, -0.25) is 0 Å². The minimum Gasteiger partial charge on any atom is -0.467 e. The zero-order valence-corrected chi connectivity index (χ0v) is 9.55. The maximum absolute atomic E-state index is 9.68. The van der Waals surface area contributed by atoms with E-state index in [-0.39, 0.29) is 6.61 Å². The highest BCUT2D eigenvalue weighted by atomic mass is 16.7. The Morgan fingerprint density at radius 3 is 2.56 bits per heavy atom. The smallest absolute Gasteiger partial charge is 0.187 e. The lowest BCUT2D eigenvalue weighted by atomic mass is 9.99. The summed E-state index contributed by atoms with van der Waals surface area (Å²) < 4.78 is 15.4. The van der Waals surface area contributed by atoms with Gasteiger partial charge in [0.15, 0.2) is 6.29 Å². The standard InChI is InChI=1S/C11H16O7/c12-4-7-8(13)9(14)10(15)11(18-7)17-5-6-2-1-3-16-6/h1-3,7-15H,4-5H2. The minimum atomic E-state index is -1.43. The van der Waals surface area contributed by atoms with Crippen molar-refractivity contribution in [3.8, 4) is 0 Å². The van der Waals surface area contributed by atoms with E-state index in [4.69, 9.17) is 19.0 Å².